The molecule has 0 spiro atoms. The summed E-state index contributed by atoms with van der Waals surface area (Å²) in [5.41, 5.74) is 2.73. The van der Waals surface area contributed by atoms with E-state index in [2.05, 4.69) is 55.2 Å². The SMILES string of the molecule is CC(C)(C)C(=O)CSc1nnc(-c2ccc(C(C)(C)C)cc2)n1-c1ccc2c(c1)OCO2. The molecule has 0 saturated carbocycles. The van der Waals surface area contributed by atoms with Gasteiger partial charge >= 0.3 is 0 Å². The number of fused-ring (bicyclic) bond motifs is 1. The van der Waals surface area contributed by atoms with Gasteiger partial charge in [-0.1, -0.05) is 77.6 Å². The number of nitrogens with zero attached hydrogens (tertiary/aromatic N) is 3. The van der Waals surface area contributed by atoms with Gasteiger partial charge in [-0.2, -0.15) is 0 Å². The molecule has 0 aliphatic carbocycles. The van der Waals surface area contributed by atoms with Crippen LogP contribution < -0.4 is 9.47 Å². The van der Waals surface area contributed by atoms with Crippen LogP contribution in [0.3, 0.4) is 0 Å². The highest BCUT2D eigenvalue weighted by molar-refractivity contribution is 7.99. The van der Waals surface area contributed by atoms with Gasteiger partial charge in [0.25, 0.3) is 0 Å². The second kappa shape index (κ2) is 8.28. The van der Waals surface area contributed by atoms with Crippen molar-refractivity contribution < 1.29 is 14.3 Å². The van der Waals surface area contributed by atoms with Crippen LogP contribution in [0.5, 0.6) is 11.5 Å². The number of ketones is 1. The number of carbonyl (C=O) groups is 1. The minimum atomic E-state index is -0.401. The summed E-state index contributed by atoms with van der Waals surface area (Å²) in [4.78, 5) is 12.5. The lowest BCUT2D eigenvalue weighted by atomic mass is 9.87. The zero-order valence-electron chi connectivity index (χ0n) is 19.4. The summed E-state index contributed by atoms with van der Waals surface area (Å²) >= 11 is 1.40. The van der Waals surface area contributed by atoms with E-state index in [9.17, 15) is 4.79 Å². The van der Waals surface area contributed by atoms with Gasteiger partial charge in [0.1, 0.15) is 5.78 Å². The fraction of sp³-hybridized carbons (Fsp3) is 0.400. The van der Waals surface area contributed by atoms with Crippen LogP contribution in [0.15, 0.2) is 47.6 Å². The van der Waals surface area contributed by atoms with Gasteiger partial charge in [-0.25, -0.2) is 0 Å². The van der Waals surface area contributed by atoms with Gasteiger partial charge in [0.15, 0.2) is 22.5 Å². The van der Waals surface area contributed by atoms with E-state index in [0.717, 1.165) is 22.8 Å². The number of ether oxygens (including phenoxy) is 2. The first-order valence-electron chi connectivity index (χ1n) is 10.7. The first-order valence-corrected chi connectivity index (χ1v) is 11.6. The van der Waals surface area contributed by atoms with E-state index in [0.29, 0.717) is 16.7 Å². The zero-order valence-corrected chi connectivity index (χ0v) is 20.2. The molecule has 0 fully saturated rings. The van der Waals surface area contributed by atoms with Crippen LogP contribution in [0.25, 0.3) is 17.1 Å². The molecule has 2 aromatic carbocycles. The third-order valence-corrected chi connectivity index (χ3v) is 6.35. The number of Topliss-reactive ketones (excluding diaryl/α,β-unsaturated/α-hetero) is 1. The smallest absolute Gasteiger partial charge is 0.231 e. The lowest BCUT2D eigenvalue weighted by molar-refractivity contribution is -0.123. The second-order valence-corrected chi connectivity index (χ2v) is 10.9. The Morgan fingerprint density at radius 3 is 2.31 bits per heavy atom. The Morgan fingerprint density at radius 1 is 0.969 bits per heavy atom. The van der Waals surface area contributed by atoms with E-state index in [1.165, 1.54) is 17.3 Å². The van der Waals surface area contributed by atoms with E-state index in [-0.39, 0.29) is 18.0 Å². The Bertz CT molecular complexity index is 1140. The van der Waals surface area contributed by atoms with Gasteiger partial charge in [0, 0.05) is 17.0 Å². The van der Waals surface area contributed by atoms with Crippen molar-refractivity contribution in [2.24, 2.45) is 5.41 Å². The van der Waals surface area contributed by atoms with Crippen molar-refractivity contribution in [2.75, 3.05) is 12.5 Å². The molecule has 7 heteroatoms. The monoisotopic (exact) mass is 451 g/mol. The number of rotatable bonds is 5. The molecule has 0 radical (unpaired) electrons. The molecule has 4 rings (SSSR count). The van der Waals surface area contributed by atoms with Crippen molar-refractivity contribution in [2.45, 2.75) is 52.1 Å². The number of thioether (sulfide) groups is 1. The van der Waals surface area contributed by atoms with E-state index >= 15 is 0 Å². The summed E-state index contributed by atoms with van der Waals surface area (Å²) < 4.78 is 13.0. The van der Waals surface area contributed by atoms with E-state index in [1.807, 2.05) is 43.5 Å². The minimum Gasteiger partial charge on any atom is -0.454 e. The van der Waals surface area contributed by atoms with Crippen molar-refractivity contribution in [1.82, 2.24) is 14.8 Å². The molecule has 0 saturated heterocycles. The molecule has 2 heterocycles. The number of carbonyl (C=O) groups excluding carboxylic acids is 1. The molecule has 6 nitrogen and oxygen atoms in total. The van der Waals surface area contributed by atoms with Crippen LogP contribution in [-0.2, 0) is 10.2 Å². The highest BCUT2D eigenvalue weighted by Gasteiger charge is 2.24. The number of hydrogen-bond acceptors (Lipinski definition) is 6. The average Bonchev–Trinajstić information content (AvgIpc) is 3.36. The van der Waals surface area contributed by atoms with Gasteiger partial charge in [0.2, 0.25) is 6.79 Å². The fourth-order valence-electron chi connectivity index (χ4n) is 3.27. The van der Waals surface area contributed by atoms with Crippen LogP contribution in [0.4, 0.5) is 0 Å². The summed E-state index contributed by atoms with van der Waals surface area (Å²) in [6.07, 6.45) is 0. The highest BCUT2D eigenvalue weighted by atomic mass is 32.2. The van der Waals surface area contributed by atoms with Gasteiger partial charge in [-0.15, -0.1) is 10.2 Å². The maximum Gasteiger partial charge on any atom is 0.231 e. The summed E-state index contributed by atoms with van der Waals surface area (Å²) in [7, 11) is 0. The summed E-state index contributed by atoms with van der Waals surface area (Å²) in [5, 5.41) is 9.60. The lowest BCUT2D eigenvalue weighted by Crippen LogP contribution is -2.22. The van der Waals surface area contributed by atoms with E-state index in [1.54, 1.807) is 0 Å². The van der Waals surface area contributed by atoms with E-state index < -0.39 is 5.41 Å². The summed E-state index contributed by atoms with van der Waals surface area (Å²) in [6.45, 7) is 12.6. The Labute approximate surface area is 193 Å². The van der Waals surface area contributed by atoms with Gasteiger partial charge in [-0.3, -0.25) is 9.36 Å². The number of aromatic nitrogens is 3. The van der Waals surface area contributed by atoms with Crippen LogP contribution in [-0.4, -0.2) is 33.1 Å². The van der Waals surface area contributed by atoms with Gasteiger partial charge < -0.3 is 9.47 Å². The predicted octanol–water partition coefficient (Wildman–Crippen LogP) is 5.67. The Kier molecular flexibility index (Phi) is 5.79. The minimum absolute atomic E-state index is 0.0673. The maximum atomic E-state index is 12.5. The van der Waals surface area contributed by atoms with Crippen molar-refractivity contribution in [3.05, 3.63) is 48.0 Å². The molecule has 168 valence electrons. The van der Waals surface area contributed by atoms with E-state index in [4.69, 9.17) is 9.47 Å². The Morgan fingerprint density at radius 2 is 1.66 bits per heavy atom. The van der Waals surface area contributed by atoms with Crippen LogP contribution >= 0.6 is 11.8 Å². The number of hydrogen-bond donors (Lipinski definition) is 0. The molecule has 1 aliphatic heterocycles. The third kappa shape index (κ3) is 4.53. The Balaban J connectivity index is 1.75. The molecule has 0 unspecified atom stereocenters. The van der Waals surface area contributed by atoms with Crippen LogP contribution in [0, 0.1) is 5.41 Å². The van der Waals surface area contributed by atoms with Crippen molar-refractivity contribution in [3.8, 4) is 28.6 Å². The molecule has 1 aliphatic rings. The zero-order chi connectivity index (χ0) is 23.1. The average molecular weight is 452 g/mol. The highest BCUT2D eigenvalue weighted by Crippen LogP contribution is 2.37. The summed E-state index contributed by atoms with van der Waals surface area (Å²) in [6, 6.07) is 14.2. The molecular formula is C25H29N3O3S. The molecule has 0 amide bonds. The molecule has 0 atom stereocenters. The van der Waals surface area contributed by atoms with Crippen molar-refractivity contribution >= 4 is 17.5 Å². The van der Waals surface area contributed by atoms with Crippen LogP contribution in [0.1, 0.15) is 47.1 Å². The topological polar surface area (TPSA) is 66.2 Å². The van der Waals surface area contributed by atoms with Gasteiger partial charge in [-0.05, 0) is 23.1 Å². The van der Waals surface area contributed by atoms with Crippen molar-refractivity contribution in [3.63, 3.8) is 0 Å². The first-order chi connectivity index (χ1) is 15.0. The summed E-state index contributed by atoms with van der Waals surface area (Å²) in [5.74, 6) is 2.62. The predicted molar refractivity (Wildman–Crippen MR) is 127 cm³/mol. The molecule has 32 heavy (non-hydrogen) atoms. The van der Waals surface area contributed by atoms with Crippen molar-refractivity contribution in [1.29, 1.82) is 0 Å². The second-order valence-electron chi connectivity index (χ2n) is 9.97. The molecule has 0 N–H and O–H groups in total. The molecule has 0 bridgehead atoms. The molecule has 3 aromatic rings. The number of benzene rings is 2. The molecular weight excluding hydrogens is 422 g/mol. The third-order valence-electron chi connectivity index (χ3n) is 5.43. The normalized spacial score (nSPS) is 13.4. The maximum absolute atomic E-state index is 12.5. The van der Waals surface area contributed by atoms with Gasteiger partial charge in [0.05, 0.1) is 11.4 Å². The quantitative estimate of drug-likeness (QED) is 0.466. The fourth-order valence-corrected chi connectivity index (χ4v) is 4.39. The molecule has 1 aromatic heterocycles. The van der Waals surface area contributed by atoms with Crippen LogP contribution in [0.2, 0.25) is 0 Å². The lowest BCUT2D eigenvalue weighted by Gasteiger charge is -2.19. The first kappa shape index (κ1) is 22.4. The Hall–Kier alpha value is -2.80. The largest absolute Gasteiger partial charge is 0.454 e. The standard InChI is InChI=1S/C25H29N3O3S/c1-24(2,3)17-9-7-16(8-10-17)22-26-27-23(32-14-21(29)25(4,5)6)28(22)18-11-12-19-20(13-18)31-15-30-19/h7-13H,14-15H2,1-6H3.